The highest BCUT2D eigenvalue weighted by Crippen LogP contribution is 2.23. The van der Waals surface area contributed by atoms with E-state index in [2.05, 4.69) is 20.6 Å². The summed E-state index contributed by atoms with van der Waals surface area (Å²) in [6.07, 6.45) is 1.60. The maximum Gasteiger partial charge on any atom is 0.324 e. The molecule has 0 unspecified atom stereocenters. The van der Waals surface area contributed by atoms with Crippen LogP contribution in [0.15, 0.2) is 30.6 Å². The highest BCUT2D eigenvalue weighted by Gasteiger charge is 2.26. The van der Waals surface area contributed by atoms with Crippen molar-refractivity contribution in [2.75, 3.05) is 30.4 Å². The van der Waals surface area contributed by atoms with Gasteiger partial charge in [0.2, 0.25) is 0 Å². The molecule has 0 radical (unpaired) electrons. The maximum absolute atomic E-state index is 12.0. The Bertz CT molecular complexity index is 757. The molecule has 0 aliphatic carbocycles. The van der Waals surface area contributed by atoms with Gasteiger partial charge in [-0.3, -0.25) is 4.90 Å². The number of nitrogens with zero attached hydrogens (tertiary/aromatic N) is 3. The van der Waals surface area contributed by atoms with Crippen molar-refractivity contribution in [2.24, 2.45) is 0 Å². The molecule has 0 saturated carbocycles. The highest BCUT2D eigenvalue weighted by atomic mass is 16.2. The summed E-state index contributed by atoms with van der Waals surface area (Å²) in [6, 6.07) is 6.88. The number of rotatable bonds is 4. The molecule has 8 heteroatoms. The van der Waals surface area contributed by atoms with E-state index in [1.54, 1.807) is 35.3 Å². The zero-order valence-corrected chi connectivity index (χ0v) is 13.7. The standard InChI is InChI=1S/C16H20N6O2/c1-11-14(19-10-18-11)9-17-15(23)20-12-4-3-5-13(8-12)22-7-6-21(2)16(22)24/h3-5,8,10H,6-7,9H2,1-2H3,(H,18,19)(H2,17,20,23). The fourth-order valence-corrected chi connectivity index (χ4v) is 2.54. The maximum atomic E-state index is 12.0. The second kappa shape index (κ2) is 6.61. The van der Waals surface area contributed by atoms with Crippen molar-refractivity contribution >= 4 is 23.4 Å². The Morgan fingerprint density at radius 1 is 1.38 bits per heavy atom. The first-order valence-corrected chi connectivity index (χ1v) is 7.71. The van der Waals surface area contributed by atoms with E-state index < -0.39 is 0 Å². The van der Waals surface area contributed by atoms with Gasteiger partial charge in [0.05, 0.1) is 18.6 Å². The number of aromatic nitrogens is 2. The molecule has 24 heavy (non-hydrogen) atoms. The topological polar surface area (TPSA) is 93.4 Å². The number of urea groups is 2. The first-order chi connectivity index (χ1) is 11.5. The molecule has 3 rings (SSSR count). The minimum atomic E-state index is -0.320. The average molecular weight is 328 g/mol. The van der Waals surface area contributed by atoms with Crippen LogP contribution in [0.5, 0.6) is 0 Å². The first-order valence-electron chi connectivity index (χ1n) is 7.71. The van der Waals surface area contributed by atoms with Crippen LogP contribution >= 0.6 is 0 Å². The number of aryl methyl sites for hydroxylation is 1. The normalized spacial score (nSPS) is 14.2. The van der Waals surface area contributed by atoms with E-state index in [0.29, 0.717) is 25.3 Å². The van der Waals surface area contributed by atoms with Crippen molar-refractivity contribution in [3.63, 3.8) is 0 Å². The SMILES string of the molecule is Cc1[nH]cnc1CNC(=O)Nc1cccc(N2CCN(C)C2=O)c1. The van der Waals surface area contributed by atoms with Crippen LogP contribution in [0.25, 0.3) is 0 Å². The predicted octanol–water partition coefficient (Wildman–Crippen LogP) is 1.91. The van der Waals surface area contributed by atoms with E-state index in [-0.39, 0.29) is 12.1 Å². The number of anilines is 2. The van der Waals surface area contributed by atoms with Crippen LogP contribution in [0.1, 0.15) is 11.4 Å². The minimum absolute atomic E-state index is 0.0365. The molecule has 4 amide bonds. The van der Waals surface area contributed by atoms with Gasteiger partial charge in [0.25, 0.3) is 0 Å². The van der Waals surface area contributed by atoms with Crippen LogP contribution in [0.3, 0.4) is 0 Å². The molecule has 8 nitrogen and oxygen atoms in total. The molecule has 1 aromatic heterocycles. The molecule has 1 saturated heterocycles. The highest BCUT2D eigenvalue weighted by molar-refractivity contribution is 5.95. The third-order valence-corrected chi connectivity index (χ3v) is 3.98. The Balaban J connectivity index is 1.61. The summed E-state index contributed by atoms with van der Waals surface area (Å²) in [5.41, 5.74) is 3.12. The van der Waals surface area contributed by atoms with Crippen LogP contribution < -0.4 is 15.5 Å². The number of hydrogen-bond acceptors (Lipinski definition) is 3. The Morgan fingerprint density at radius 3 is 2.88 bits per heavy atom. The largest absolute Gasteiger partial charge is 0.348 e. The number of H-pyrrole nitrogens is 1. The average Bonchev–Trinajstić information content (AvgIpc) is 3.12. The van der Waals surface area contributed by atoms with E-state index in [1.165, 1.54) is 0 Å². The summed E-state index contributed by atoms with van der Waals surface area (Å²) in [6.45, 7) is 3.58. The van der Waals surface area contributed by atoms with Crippen molar-refractivity contribution in [3.05, 3.63) is 42.0 Å². The third kappa shape index (κ3) is 3.32. The number of imidazole rings is 1. The van der Waals surface area contributed by atoms with Gasteiger partial charge in [-0.2, -0.15) is 0 Å². The lowest BCUT2D eigenvalue weighted by Crippen LogP contribution is -2.30. The van der Waals surface area contributed by atoms with Crippen molar-refractivity contribution in [1.82, 2.24) is 20.2 Å². The molecule has 0 spiro atoms. The summed E-state index contributed by atoms with van der Waals surface area (Å²) in [7, 11) is 1.77. The van der Waals surface area contributed by atoms with Gasteiger partial charge in [0.15, 0.2) is 0 Å². The Kier molecular flexibility index (Phi) is 4.37. The van der Waals surface area contributed by atoms with Gasteiger partial charge < -0.3 is 20.5 Å². The quantitative estimate of drug-likeness (QED) is 0.800. The number of carbonyl (C=O) groups excluding carboxylic acids is 2. The van der Waals surface area contributed by atoms with E-state index in [9.17, 15) is 9.59 Å². The van der Waals surface area contributed by atoms with Gasteiger partial charge in [-0.25, -0.2) is 14.6 Å². The van der Waals surface area contributed by atoms with E-state index in [4.69, 9.17) is 0 Å². The summed E-state index contributed by atoms with van der Waals surface area (Å²) in [5, 5.41) is 5.53. The zero-order valence-electron chi connectivity index (χ0n) is 13.7. The van der Waals surface area contributed by atoms with Crippen LogP contribution in [0.4, 0.5) is 21.0 Å². The Morgan fingerprint density at radius 2 is 2.21 bits per heavy atom. The van der Waals surface area contributed by atoms with E-state index in [0.717, 1.165) is 17.1 Å². The monoisotopic (exact) mass is 328 g/mol. The van der Waals surface area contributed by atoms with E-state index in [1.807, 2.05) is 19.1 Å². The molecule has 0 atom stereocenters. The van der Waals surface area contributed by atoms with Crippen molar-refractivity contribution in [1.29, 1.82) is 0 Å². The molecule has 1 aromatic carbocycles. The van der Waals surface area contributed by atoms with Crippen molar-refractivity contribution in [2.45, 2.75) is 13.5 Å². The molecular formula is C16H20N6O2. The fourth-order valence-electron chi connectivity index (χ4n) is 2.54. The van der Waals surface area contributed by atoms with Gasteiger partial charge in [-0.1, -0.05) is 6.07 Å². The lowest BCUT2D eigenvalue weighted by atomic mass is 10.2. The lowest BCUT2D eigenvalue weighted by Gasteiger charge is -2.17. The van der Waals surface area contributed by atoms with Crippen molar-refractivity contribution < 1.29 is 9.59 Å². The molecule has 1 fully saturated rings. The second-order valence-electron chi connectivity index (χ2n) is 5.69. The number of amides is 4. The number of likely N-dealkylation sites (N-methyl/N-ethyl adjacent to an activating group) is 1. The van der Waals surface area contributed by atoms with E-state index >= 15 is 0 Å². The van der Waals surface area contributed by atoms with Gasteiger partial charge in [0, 0.05) is 37.2 Å². The van der Waals surface area contributed by atoms with Gasteiger partial charge in [0.1, 0.15) is 0 Å². The molecule has 2 aromatic rings. The lowest BCUT2D eigenvalue weighted by molar-refractivity contribution is 0.229. The van der Waals surface area contributed by atoms with Gasteiger partial charge >= 0.3 is 12.1 Å². The predicted molar refractivity (Wildman–Crippen MR) is 91.0 cm³/mol. The van der Waals surface area contributed by atoms with Crippen LogP contribution in [0.2, 0.25) is 0 Å². The van der Waals surface area contributed by atoms with Crippen LogP contribution in [-0.4, -0.2) is 47.1 Å². The summed E-state index contributed by atoms with van der Waals surface area (Å²) in [5.74, 6) is 0. The van der Waals surface area contributed by atoms with Crippen molar-refractivity contribution in [3.8, 4) is 0 Å². The molecule has 126 valence electrons. The molecule has 1 aliphatic rings. The molecule has 3 N–H and O–H groups in total. The number of nitrogens with one attached hydrogen (secondary N) is 3. The number of hydrogen-bond donors (Lipinski definition) is 3. The zero-order chi connectivity index (χ0) is 17.1. The molecule has 0 bridgehead atoms. The summed E-state index contributed by atoms with van der Waals surface area (Å²) >= 11 is 0. The summed E-state index contributed by atoms with van der Waals surface area (Å²) < 4.78 is 0. The first kappa shape index (κ1) is 15.9. The van der Waals surface area contributed by atoms with Gasteiger partial charge in [-0.05, 0) is 25.1 Å². The Hall–Kier alpha value is -3.03. The second-order valence-corrected chi connectivity index (χ2v) is 5.69. The van der Waals surface area contributed by atoms with Crippen LogP contribution in [0, 0.1) is 6.92 Å². The fraction of sp³-hybridized carbons (Fsp3) is 0.312. The smallest absolute Gasteiger partial charge is 0.324 e. The number of carbonyl (C=O) groups is 2. The summed E-state index contributed by atoms with van der Waals surface area (Å²) in [4.78, 5) is 34.5. The Labute approximate surface area is 139 Å². The third-order valence-electron chi connectivity index (χ3n) is 3.98. The number of benzene rings is 1. The molecular weight excluding hydrogens is 308 g/mol. The molecule has 1 aliphatic heterocycles. The number of aromatic amines is 1. The molecule has 2 heterocycles. The van der Waals surface area contributed by atoms with Gasteiger partial charge in [-0.15, -0.1) is 0 Å². The minimum Gasteiger partial charge on any atom is -0.348 e. The van der Waals surface area contributed by atoms with Crippen LogP contribution in [-0.2, 0) is 6.54 Å².